The standard InChI is InChI=1S/C13H15FN4O/c1-19-12-11-9(14)3-2-4-10(11)16-13(17-12)18-7-5-15-6-8-18/h2-4,15H,5-8H2,1H3. The number of fused-ring (bicyclic) bond motifs is 1. The Labute approximate surface area is 110 Å². The summed E-state index contributed by atoms with van der Waals surface area (Å²) in [6.45, 7) is 3.47. The van der Waals surface area contributed by atoms with Crippen molar-refractivity contribution in [3.05, 3.63) is 24.0 Å². The third-order valence-corrected chi connectivity index (χ3v) is 3.22. The summed E-state index contributed by atoms with van der Waals surface area (Å²) in [5.74, 6) is 0.522. The molecule has 2 aromatic rings. The Balaban J connectivity index is 2.11. The molecule has 100 valence electrons. The summed E-state index contributed by atoms with van der Waals surface area (Å²) in [5.41, 5.74) is 0.570. The van der Waals surface area contributed by atoms with Crippen molar-refractivity contribution in [2.45, 2.75) is 0 Å². The molecule has 2 heterocycles. The number of nitrogens with one attached hydrogen (secondary N) is 1. The summed E-state index contributed by atoms with van der Waals surface area (Å²) in [4.78, 5) is 10.8. The van der Waals surface area contributed by atoms with Crippen LogP contribution in [0.4, 0.5) is 10.3 Å². The topological polar surface area (TPSA) is 50.3 Å². The normalized spacial score (nSPS) is 15.8. The van der Waals surface area contributed by atoms with Gasteiger partial charge >= 0.3 is 0 Å². The zero-order chi connectivity index (χ0) is 13.2. The fourth-order valence-electron chi connectivity index (χ4n) is 2.25. The van der Waals surface area contributed by atoms with Crippen LogP contribution < -0.4 is 15.0 Å². The second kappa shape index (κ2) is 4.97. The van der Waals surface area contributed by atoms with Crippen LogP contribution in [0.25, 0.3) is 10.9 Å². The number of halogens is 1. The van der Waals surface area contributed by atoms with Gasteiger partial charge in [-0.05, 0) is 12.1 Å². The lowest BCUT2D eigenvalue weighted by Crippen LogP contribution is -2.44. The van der Waals surface area contributed by atoms with E-state index in [4.69, 9.17) is 4.74 Å². The van der Waals surface area contributed by atoms with Crippen molar-refractivity contribution in [3.8, 4) is 5.88 Å². The fourth-order valence-corrected chi connectivity index (χ4v) is 2.25. The maximum atomic E-state index is 13.8. The lowest BCUT2D eigenvalue weighted by Gasteiger charge is -2.27. The summed E-state index contributed by atoms with van der Waals surface area (Å²) >= 11 is 0. The number of hydrogen-bond donors (Lipinski definition) is 1. The van der Waals surface area contributed by atoms with Gasteiger partial charge in [0.2, 0.25) is 11.8 Å². The van der Waals surface area contributed by atoms with E-state index < -0.39 is 0 Å². The number of anilines is 1. The first-order chi connectivity index (χ1) is 9.29. The highest BCUT2D eigenvalue weighted by Gasteiger charge is 2.17. The molecule has 0 amide bonds. The summed E-state index contributed by atoms with van der Waals surface area (Å²) in [7, 11) is 1.50. The fraction of sp³-hybridized carbons (Fsp3) is 0.385. The molecule has 19 heavy (non-hydrogen) atoms. The molecule has 1 fully saturated rings. The summed E-state index contributed by atoms with van der Waals surface area (Å²) in [5, 5.41) is 3.61. The van der Waals surface area contributed by atoms with E-state index in [2.05, 4.69) is 20.2 Å². The van der Waals surface area contributed by atoms with E-state index in [-0.39, 0.29) is 11.7 Å². The number of benzene rings is 1. The molecule has 1 aromatic heterocycles. The van der Waals surface area contributed by atoms with Crippen LogP contribution in [-0.2, 0) is 0 Å². The van der Waals surface area contributed by atoms with Crippen LogP contribution in [0, 0.1) is 5.82 Å². The van der Waals surface area contributed by atoms with Gasteiger partial charge in [0.25, 0.3) is 0 Å². The third-order valence-electron chi connectivity index (χ3n) is 3.22. The smallest absolute Gasteiger partial charge is 0.229 e. The van der Waals surface area contributed by atoms with Crippen LogP contribution in [-0.4, -0.2) is 43.3 Å². The molecule has 1 aliphatic heterocycles. The molecule has 0 aliphatic carbocycles. The zero-order valence-electron chi connectivity index (χ0n) is 10.7. The molecule has 0 atom stereocenters. The van der Waals surface area contributed by atoms with Gasteiger partial charge in [0, 0.05) is 26.2 Å². The Morgan fingerprint density at radius 1 is 1.26 bits per heavy atom. The van der Waals surface area contributed by atoms with E-state index in [0.717, 1.165) is 26.2 Å². The van der Waals surface area contributed by atoms with Gasteiger partial charge in [0.05, 0.1) is 18.0 Å². The second-order valence-electron chi connectivity index (χ2n) is 4.40. The van der Waals surface area contributed by atoms with E-state index in [1.807, 2.05) is 0 Å². The number of rotatable bonds is 2. The van der Waals surface area contributed by atoms with E-state index in [1.54, 1.807) is 12.1 Å². The Morgan fingerprint density at radius 2 is 2.05 bits per heavy atom. The molecule has 1 saturated heterocycles. The molecule has 0 radical (unpaired) electrons. The molecule has 6 heteroatoms. The van der Waals surface area contributed by atoms with E-state index in [1.165, 1.54) is 13.2 Å². The summed E-state index contributed by atoms with van der Waals surface area (Å²) < 4.78 is 19.0. The van der Waals surface area contributed by atoms with Crippen LogP contribution in [0.5, 0.6) is 5.88 Å². The Kier molecular flexibility index (Phi) is 3.16. The minimum Gasteiger partial charge on any atom is -0.480 e. The van der Waals surface area contributed by atoms with Gasteiger partial charge in [-0.25, -0.2) is 9.37 Å². The van der Waals surface area contributed by atoms with Gasteiger partial charge in [0.15, 0.2) is 0 Å². The first-order valence-corrected chi connectivity index (χ1v) is 6.25. The van der Waals surface area contributed by atoms with Gasteiger partial charge < -0.3 is 15.0 Å². The van der Waals surface area contributed by atoms with Crippen molar-refractivity contribution in [2.24, 2.45) is 0 Å². The molecular formula is C13H15FN4O. The largest absolute Gasteiger partial charge is 0.480 e. The summed E-state index contributed by atoms with van der Waals surface area (Å²) in [6.07, 6.45) is 0. The molecule has 1 aromatic carbocycles. The van der Waals surface area contributed by atoms with E-state index >= 15 is 0 Å². The molecule has 1 N–H and O–H groups in total. The number of ether oxygens (including phenoxy) is 1. The number of methoxy groups -OCH3 is 1. The predicted molar refractivity (Wildman–Crippen MR) is 71.1 cm³/mol. The number of piperazine rings is 1. The van der Waals surface area contributed by atoms with Gasteiger partial charge in [-0.15, -0.1) is 0 Å². The van der Waals surface area contributed by atoms with Crippen molar-refractivity contribution in [1.29, 1.82) is 0 Å². The van der Waals surface area contributed by atoms with Gasteiger partial charge in [0.1, 0.15) is 5.82 Å². The average molecular weight is 262 g/mol. The van der Waals surface area contributed by atoms with Crippen LogP contribution in [0.1, 0.15) is 0 Å². The lowest BCUT2D eigenvalue weighted by atomic mass is 10.2. The first-order valence-electron chi connectivity index (χ1n) is 6.25. The highest BCUT2D eigenvalue weighted by atomic mass is 19.1. The third kappa shape index (κ3) is 2.19. The molecule has 5 nitrogen and oxygen atoms in total. The second-order valence-corrected chi connectivity index (χ2v) is 4.40. The van der Waals surface area contributed by atoms with Gasteiger partial charge in [-0.1, -0.05) is 6.07 Å². The van der Waals surface area contributed by atoms with Crippen LogP contribution in [0.15, 0.2) is 18.2 Å². The van der Waals surface area contributed by atoms with Crippen molar-refractivity contribution in [3.63, 3.8) is 0 Å². The van der Waals surface area contributed by atoms with Crippen molar-refractivity contribution >= 4 is 16.9 Å². The quantitative estimate of drug-likeness (QED) is 0.881. The van der Waals surface area contributed by atoms with E-state index in [9.17, 15) is 4.39 Å². The Bertz CT molecular complexity index is 598. The lowest BCUT2D eigenvalue weighted by molar-refractivity contribution is 0.400. The number of hydrogen-bond acceptors (Lipinski definition) is 5. The molecular weight excluding hydrogens is 247 g/mol. The zero-order valence-corrected chi connectivity index (χ0v) is 10.7. The Morgan fingerprint density at radius 3 is 2.79 bits per heavy atom. The molecule has 0 unspecified atom stereocenters. The number of nitrogens with zero attached hydrogens (tertiary/aromatic N) is 3. The molecule has 3 rings (SSSR count). The van der Waals surface area contributed by atoms with Crippen LogP contribution in [0.3, 0.4) is 0 Å². The molecule has 0 saturated carbocycles. The summed E-state index contributed by atoms with van der Waals surface area (Å²) in [6, 6.07) is 4.80. The van der Waals surface area contributed by atoms with E-state index in [0.29, 0.717) is 16.9 Å². The molecule has 1 aliphatic rings. The minimum absolute atomic E-state index is 0.289. The predicted octanol–water partition coefficient (Wildman–Crippen LogP) is 1.19. The van der Waals surface area contributed by atoms with Crippen molar-refractivity contribution in [2.75, 3.05) is 38.2 Å². The highest BCUT2D eigenvalue weighted by Crippen LogP contribution is 2.27. The van der Waals surface area contributed by atoms with Gasteiger partial charge in [-0.2, -0.15) is 4.98 Å². The van der Waals surface area contributed by atoms with Crippen molar-refractivity contribution in [1.82, 2.24) is 15.3 Å². The van der Waals surface area contributed by atoms with Crippen LogP contribution >= 0.6 is 0 Å². The van der Waals surface area contributed by atoms with Crippen LogP contribution in [0.2, 0.25) is 0 Å². The average Bonchev–Trinajstić information content (AvgIpc) is 2.47. The minimum atomic E-state index is -0.360. The molecule has 0 bridgehead atoms. The highest BCUT2D eigenvalue weighted by molar-refractivity contribution is 5.85. The van der Waals surface area contributed by atoms with Crippen molar-refractivity contribution < 1.29 is 9.13 Å². The first kappa shape index (κ1) is 12.1. The maximum Gasteiger partial charge on any atom is 0.229 e. The Hall–Kier alpha value is -1.95. The van der Waals surface area contributed by atoms with Gasteiger partial charge in [-0.3, -0.25) is 0 Å². The SMILES string of the molecule is COc1nc(N2CCNCC2)nc2cccc(F)c12. The monoisotopic (exact) mass is 262 g/mol. The number of aromatic nitrogens is 2. The molecule has 0 spiro atoms. The maximum absolute atomic E-state index is 13.8.